The molecule has 1 heterocycles. The molecule has 3 atom stereocenters. The van der Waals surface area contributed by atoms with Crippen LogP contribution in [-0.4, -0.2) is 65.8 Å². The van der Waals surface area contributed by atoms with Crippen molar-refractivity contribution < 1.29 is 34.1 Å². The van der Waals surface area contributed by atoms with Gasteiger partial charge in [0.2, 0.25) is 0 Å². The van der Waals surface area contributed by atoms with E-state index in [0.717, 1.165) is 5.56 Å². The first-order chi connectivity index (χ1) is 17.0. The number of nitrogens with two attached hydrogens (primary N) is 1. The fourth-order valence-corrected chi connectivity index (χ4v) is 6.88. The van der Waals surface area contributed by atoms with Gasteiger partial charge in [0.1, 0.15) is 29.4 Å². The number of ether oxygens (including phenoxy) is 2. The third kappa shape index (κ3) is 6.51. The molecule has 0 radical (unpaired) electrons. The average Bonchev–Trinajstić information content (AvgIpc) is 3.24. The van der Waals surface area contributed by atoms with E-state index in [9.17, 15) is 14.7 Å². The Labute approximate surface area is 240 Å². The number of rotatable bonds is 10. The monoisotopic (exact) mass is 757 g/mol. The van der Waals surface area contributed by atoms with Gasteiger partial charge >= 0.3 is 5.97 Å². The Morgan fingerprint density at radius 3 is 2.58 bits per heavy atom. The lowest BCUT2D eigenvalue weighted by Crippen LogP contribution is -2.45. The van der Waals surface area contributed by atoms with Crippen molar-refractivity contribution in [2.24, 2.45) is 10.9 Å². The van der Waals surface area contributed by atoms with E-state index in [1.807, 2.05) is 0 Å². The molecule has 0 unspecified atom stereocenters. The first-order valence-electron chi connectivity index (χ1n) is 10.6. The maximum atomic E-state index is 12.6. The highest BCUT2D eigenvalue weighted by Gasteiger charge is 2.50. The molecule has 36 heavy (non-hydrogen) atoms. The number of methoxy groups -OCH3 is 1. The van der Waals surface area contributed by atoms with Crippen molar-refractivity contribution >= 4 is 81.3 Å². The van der Waals surface area contributed by atoms with Crippen LogP contribution in [0.1, 0.15) is 18.4 Å². The lowest BCUT2D eigenvalue weighted by atomic mass is 9.87. The molecule has 1 aliphatic carbocycles. The standard InChI is InChI=1S/C22H23Br4N3O7/c1-34-18-13(25)8-22(19(30)16(18)26)9-15(29-36-22)20(31)28-3-2-4-35-17-11(23)5-10(6-12(17)24)7-14(27)21(32)33/h5-6,8,14,19,30H,2-4,7,9,27H2,1H3,(H,28,31)(H,32,33)/t14-,19-,22+/m0/s1. The lowest BCUT2D eigenvalue weighted by Gasteiger charge is -2.33. The number of aliphatic hydroxyl groups excluding tert-OH is 1. The van der Waals surface area contributed by atoms with Crippen molar-refractivity contribution in [3.63, 3.8) is 0 Å². The summed E-state index contributed by atoms with van der Waals surface area (Å²) in [6, 6.07) is 2.52. The summed E-state index contributed by atoms with van der Waals surface area (Å²) >= 11 is 13.6. The van der Waals surface area contributed by atoms with Gasteiger partial charge in [-0.15, -0.1) is 0 Å². The van der Waals surface area contributed by atoms with E-state index in [1.165, 1.54) is 7.11 Å². The van der Waals surface area contributed by atoms with Crippen LogP contribution in [0.25, 0.3) is 0 Å². The number of aliphatic hydroxyl groups is 1. The number of oxime groups is 1. The molecule has 0 aromatic heterocycles. The van der Waals surface area contributed by atoms with E-state index >= 15 is 0 Å². The molecular formula is C22H23Br4N3O7. The first kappa shape index (κ1) is 29.1. The van der Waals surface area contributed by atoms with Gasteiger partial charge in [-0.1, -0.05) is 5.16 Å². The number of carboxylic acids is 1. The Balaban J connectivity index is 1.47. The van der Waals surface area contributed by atoms with E-state index in [0.29, 0.717) is 49.0 Å². The molecule has 3 rings (SSSR count). The third-order valence-corrected chi connectivity index (χ3v) is 7.99. The molecular weight excluding hydrogens is 738 g/mol. The summed E-state index contributed by atoms with van der Waals surface area (Å²) < 4.78 is 13.3. The summed E-state index contributed by atoms with van der Waals surface area (Å²) in [6.45, 7) is 0.634. The van der Waals surface area contributed by atoms with Crippen LogP contribution in [0.15, 0.2) is 47.0 Å². The molecule has 0 saturated heterocycles. The van der Waals surface area contributed by atoms with Crippen molar-refractivity contribution in [2.75, 3.05) is 20.3 Å². The molecule has 10 nitrogen and oxygen atoms in total. The minimum atomic E-state index is -1.21. The Morgan fingerprint density at radius 1 is 1.31 bits per heavy atom. The molecule has 0 bridgehead atoms. The van der Waals surface area contributed by atoms with Crippen molar-refractivity contribution in [2.45, 2.75) is 37.0 Å². The second-order valence-corrected chi connectivity index (χ2v) is 11.4. The summed E-state index contributed by atoms with van der Waals surface area (Å²) in [4.78, 5) is 29.1. The van der Waals surface area contributed by atoms with Gasteiger partial charge in [-0.25, -0.2) is 0 Å². The normalized spacial score (nSPS) is 22.0. The van der Waals surface area contributed by atoms with Gasteiger partial charge in [0, 0.05) is 13.0 Å². The van der Waals surface area contributed by atoms with E-state index in [2.05, 4.69) is 74.2 Å². The predicted molar refractivity (Wildman–Crippen MR) is 146 cm³/mol. The average molecular weight is 761 g/mol. The number of aliphatic carboxylic acids is 1. The fraction of sp³-hybridized carbons (Fsp3) is 0.409. The highest BCUT2D eigenvalue weighted by atomic mass is 79.9. The number of hydrogen-bond acceptors (Lipinski definition) is 8. The second-order valence-electron chi connectivity index (χ2n) is 8.03. The number of nitrogens with zero attached hydrogens (tertiary/aromatic N) is 1. The van der Waals surface area contributed by atoms with Crippen LogP contribution < -0.4 is 15.8 Å². The molecule has 2 aliphatic rings. The Bertz CT molecular complexity index is 1120. The molecule has 5 N–H and O–H groups in total. The summed E-state index contributed by atoms with van der Waals surface area (Å²) in [5.74, 6) is -0.476. The van der Waals surface area contributed by atoms with Crippen molar-refractivity contribution in [1.82, 2.24) is 5.32 Å². The zero-order valence-corrected chi connectivity index (χ0v) is 25.2. The molecule has 1 amide bonds. The highest BCUT2D eigenvalue weighted by molar-refractivity contribution is 9.12. The number of nitrogens with one attached hydrogen (secondary N) is 1. The second kappa shape index (κ2) is 12.4. The summed E-state index contributed by atoms with van der Waals surface area (Å²) in [5.41, 5.74) is 5.29. The van der Waals surface area contributed by atoms with Crippen LogP contribution in [0.2, 0.25) is 0 Å². The van der Waals surface area contributed by atoms with Gasteiger partial charge in [-0.3, -0.25) is 9.59 Å². The van der Waals surface area contributed by atoms with Gasteiger partial charge < -0.3 is 35.6 Å². The number of benzene rings is 1. The van der Waals surface area contributed by atoms with Crippen LogP contribution in [0.5, 0.6) is 5.75 Å². The zero-order valence-electron chi connectivity index (χ0n) is 18.9. The number of amides is 1. The van der Waals surface area contributed by atoms with Gasteiger partial charge in [0.05, 0.1) is 31.6 Å². The quantitative estimate of drug-likeness (QED) is 0.265. The number of carbonyl (C=O) groups is 2. The van der Waals surface area contributed by atoms with Crippen LogP contribution >= 0.6 is 63.7 Å². The largest absolute Gasteiger partial charge is 0.495 e. The fourth-order valence-electron chi connectivity index (χ4n) is 3.58. The number of carboxylic acid groups (broad SMARTS) is 1. The highest BCUT2D eigenvalue weighted by Crippen LogP contribution is 2.44. The summed E-state index contributed by atoms with van der Waals surface area (Å²) in [5, 5.41) is 26.4. The number of hydrogen-bond donors (Lipinski definition) is 4. The Kier molecular flexibility index (Phi) is 10.0. The van der Waals surface area contributed by atoms with Gasteiger partial charge in [0.25, 0.3) is 5.91 Å². The van der Waals surface area contributed by atoms with Crippen LogP contribution in [0.4, 0.5) is 0 Å². The SMILES string of the molecule is COC1=C(Br)[C@H](O)[C@@]2(C=C1Br)CC(C(=O)NCCCOc1c(Br)cc(C[C@H](N)C(=O)O)cc1Br)=NO2. The first-order valence-corrected chi connectivity index (χ1v) is 13.8. The van der Waals surface area contributed by atoms with E-state index in [4.69, 9.17) is 25.2 Å². The molecule has 1 spiro atoms. The zero-order chi connectivity index (χ0) is 26.6. The molecule has 1 aromatic carbocycles. The number of allylic oxidation sites excluding steroid dienone is 1. The van der Waals surface area contributed by atoms with Crippen molar-refractivity contribution in [1.29, 1.82) is 0 Å². The topological polar surface area (TPSA) is 153 Å². The third-order valence-electron chi connectivity index (χ3n) is 5.43. The maximum absolute atomic E-state index is 12.6. The smallest absolute Gasteiger partial charge is 0.320 e. The summed E-state index contributed by atoms with van der Waals surface area (Å²) in [7, 11) is 1.48. The number of halogens is 4. The van der Waals surface area contributed by atoms with Crippen molar-refractivity contribution in [3.05, 3.63) is 47.4 Å². The number of carbonyl (C=O) groups excluding carboxylic acids is 1. The van der Waals surface area contributed by atoms with Gasteiger partial charge in [0.15, 0.2) is 5.60 Å². The molecule has 1 aromatic rings. The van der Waals surface area contributed by atoms with E-state index < -0.39 is 29.6 Å². The van der Waals surface area contributed by atoms with E-state index in [1.54, 1.807) is 18.2 Å². The molecule has 196 valence electrons. The van der Waals surface area contributed by atoms with Crippen molar-refractivity contribution in [3.8, 4) is 5.75 Å². The molecule has 0 saturated carbocycles. The Morgan fingerprint density at radius 2 is 1.97 bits per heavy atom. The lowest BCUT2D eigenvalue weighted by molar-refractivity contribution is -0.138. The summed E-state index contributed by atoms with van der Waals surface area (Å²) in [6.07, 6.45) is 1.30. The minimum absolute atomic E-state index is 0.0788. The van der Waals surface area contributed by atoms with Crippen LogP contribution in [0, 0.1) is 0 Å². The van der Waals surface area contributed by atoms with Crippen LogP contribution in [0.3, 0.4) is 0 Å². The van der Waals surface area contributed by atoms with Gasteiger partial charge in [-0.05, 0) is 100 Å². The maximum Gasteiger partial charge on any atom is 0.320 e. The van der Waals surface area contributed by atoms with E-state index in [-0.39, 0.29) is 18.6 Å². The van der Waals surface area contributed by atoms with Crippen LogP contribution in [-0.2, 0) is 25.6 Å². The predicted octanol–water partition coefficient (Wildman–Crippen LogP) is 3.47. The molecule has 1 aliphatic heterocycles. The Hall–Kier alpha value is -1.45. The van der Waals surface area contributed by atoms with Gasteiger partial charge in [-0.2, -0.15) is 0 Å². The molecule has 0 fully saturated rings. The minimum Gasteiger partial charge on any atom is -0.495 e. The molecule has 14 heteroatoms.